The van der Waals surface area contributed by atoms with Crippen LogP contribution in [0.5, 0.6) is 0 Å². The van der Waals surface area contributed by atoms with Crippen LogP contribution in [0.1, 0.15) is 25.5 Å². The number of pyridine rings is 1. The highest BCUT2D eigenvalue weighted by Gasteiger charge is 2.19. The molecule has 0 amide bonds. The van der Waals surface area contributed by atoms with E-state index in [2.05, 4.69) is 41.0 Å². The van der Waals surface area contributed by atoms with Crippen molar-refractivity contribution in [3.63, 3.8) is 0 Å². The highest BCUT2D eigenvalue weighted by molar-refractivity contribution is 7.90. The van der Waals surface area contributed by atoms with Crippen LogP contribution in [0.3, 0.4) is 0 Å². The fraction of sp³-hybridized carbons (Fsp3) is 0.611. The summed E-state index contributed by atoms with van der Waals surface area (Å²) in [5, 5.41) is 4.08. The Morgan fingerprint density at radius 1 is 1.19 bits per heavy atom. The molecule has 0 atom stereocenters. The topological polar surface area (TPSA) is 91.3 Å². The minimum atomic E-state index is -3.04. The molecule has 1 saturated heterocycles. The van der Waals surface area contributed by atoms with E-state index in [9.17, 15) is 8.42 Å². The molecule has 0 aliphatic carbocycles. The first kappa shape index (κ1) is 19.8. The smallest absolute Gasteiger partial charge is 0.228 e. The Morgan fingerprint density at radius 2 is 1.89 bits per heavy atom. The molecular formula is C18H28N6O2S. The van der Waals surface area contributed by atoms with Gasteiger partial charge in [-0.15, -0.1) is 0 Å². The zero-order valence-electron chi connectivity index (χ0n) is 16.4. The van der Waals surface area contributed by atoms with Gasteiger partial charge in [0.05, 0.1) is 17.5 Å². The fourth-order valence-electron chi connectivity index (χ4n) is 2.99. The third kappa shape index (κ3) is 5.04. The lowest BCUT2D eigenvalue weighted by atomic mass is 10.1. The number of rotatable bonds is 6. The van der Waals surface area contributed by atoms with E-state index in [4.69, 9.17) is 9.97 Å². The van der Waals surface area contributed by atoms with E-state index in [1.54, 1.807) is 6.20 Å². The number of hydrogen-bond donors (Lipinski definition) is 1. The van der Waals surface area contributed by atoms with E-state index in [0.29, 0.717) is 18.3 Å². The van der Waals surface area contributed by atoms with E-state index >= 15 is 0 Å². The van der Waals surface area contributed by atoms with Gasteiger partial charge < -0.3 is 15.1 Å². The molecule has 148 valence electrons. The molecule has 0 radical (unpaired) electrons. The van der Waals surface area contributed by atoms with Gasteiger partial charge in [-0.05, 0) is 19.0 Å². The molecule has 1 aliphatic rings. The molecule has 9 heteroatoms. The molecule has 2 aromatic heterocycles. The maximum Gasteiger partial charge on any atom is 0.228 e. The normalized spacial score (nSPS) is 16.3. The molecule has 0 unspecified atom stereocenters. The second kappa shape index (κ2) is 7.93. The van der Waals surface area contributed by atoms with E-state index in [-0.39, 0.29) is 11.7 Å². The first-order chi connectivity index (χ1) is 12.7. The summed E-state index contributed by atoms with van der Waals surface area (Å²) in [6, 6.07) is 2.00. The SMILES string of the molecule is CC(C)c1cc2c(NCCS(C)(=O)=O)nc(N3CCN(C)CC3)nc2cn1. The first-order valence-electron chi connectivity index (χ1n) is 9.26. The molecule has 1 N–H and O–H groups in total. The van der Waals surface area contributed by atoms with Gasteiger partial charge in [0.2, 0.25) is 5.95 Å². The Balaban J connectivity index is 1.96. The molecular weight excluding hydrogens is 364 g/mol. The Hall–Kier alpha value is -2.00. The molecule has 8 nitrogen and oxygen atoms in total. The largest absolute Gasteiger partial charge is 0.368 e. The molecule has 27 heavy (non-hydrogen) atoms. The van der Waals surface area contributed by atoms with Crippen LogP contribution in [0.25, 0.3) is 10.9 Å². The zero-order valence-corrected chi connectivity index (χ0v) is 17.3. The summed E-state index contributed by atoms with van der Waals surface area (Å²) in [6.07, 6.45) is 3.02. The molecule has 3 heterocycles. The summed E-state index contributed by atoms with van der Waals surface area (Å²) in [6.45, 7) is 8.14. The highest BCUT2D eigenvalue weighted by Crippen LogP contribution is 2.26. The second-order valence-corrected chi connectivity index (χ2v) is 9.76. The van der Waals surface area contributed by atoms with Crippen molar-refractivity contribution in [3.8, 4) is 0 Å². The third-order valence-electron chi connectivity index (χ3n) is 4.73. The van der Waals surface area contributed by atoms with Crippen LogP contribution in [0.15, 0.2) is 12.3 Å². The lowest BCUT2D eigenvalue weighted by molar-refractivity contribution is 0.311. The van der Waals surface area contributed by atoms with Crippen molar-refractivity contribution in [3.05, 3.63) is 18.0 Å². The molecule has 2 aromatic rings. The van der Waals surface area contributed by atoms with E-state index in [1.165, 1.54) is 6.26 Å². The number of likely N-dealkylation sites (N-methyl/N-ethyl adjacent to an activating group) is 1. The number of nitrogens with zero attached hydrogens (tertiary/aromatic N) is 5. The van der Waals surface area contributed by atoms with Crippen molar-refractivity contribution >= 4 is 32.5 Å². The number of anilines is 2. The summed E-state index contributed by atoms with van der Waals surface area (Å²) in [5.41, 5.74) is 1.73. The van der Waals surface area contributed by atoms with Gasteiger partial charge in [0, 0.05) is 50.1 Å². The van der Waals surface area contributed by atoms with E-state index in [0.717, 1.165) is 42.8 Å². The quantitative estimate of drug-likeness (QED) is 0.788. The van der Waals surface area contributed by atoms with Gasteiger partial charge in [-0.1, -0.05) is 13.8 Å². The summed E-state index contributed by atoms with van der Waals surface area (Å²) in [5.74, 6) is 1.68. The summed E-state index contributed by atoms with van der Waals surface area (Å²) >= 11 is 0. The monoisotopic (exact) mass is 392 g/mol. The predicted octanol–water partition coefficient (Wildman–Crippen LogP) is 1.36. The number of piperazine rings is 1. The number of aromatic nitrogens is 3. The van der Waals surface area contributed by atoms with Crippen molar-refractivity contribution in [1.29, 1.82) is 0 Å². The Labute approximate surface area is 160 Å². The van der Waals surface area contributed by atoms with Crippen molar-refractivity contribution in [2.24, 2.45) is 0 Å². The van der Waals surface area contributed by atoms with E-state index in [1.807, 2.05) is 6.07 Å². The van der Waals surface area contributed by atoms with E-state index < -0.39 is 9.84 Å². The number of hydrogen-bond acceptors (Lipinski definition) is 8. The van der Waals surface area contributed by atoms with Gasteiger partial charge in [-0.2, -0.15) is 4.98 Å². The second-order valence-electron chi connectivity index (χ2n) is 7.50. The van der Waals surface area contributed by atoms with Crippen molar-refractivity contribution in [2.45, 2.75) is 19.8 Å². The molecule has 0 spiro atoms. The maximum absolute atomic E-state index is 11.5. The Bertz CT molecular complexity index is 907. The van der Waals surface area contributed by atoms with Crippen LogP contribution in [-0.4, -0.2) is 80.0 Å². The van der Waals surface area contributed by atoms with Gasteiger partial charge in [0.1, 0.15) is 15.7 Å². The average molecular weight is 393 g/mol. The van der Waals surface area contributed by atoms with Crippen LogP contribution in [-0.2, 0) is 9.84 Å². The minimum absolute atomic E-state index is 0.0600. The highest BCUT2D eigenvalue weighted by atomic mass is 32.2. The number of nitrogens with one attached hydrogen (secondary N) is 1. The number of sulfone groups is 1. The van der Waals surface area contributed by atoms with Crippen LogP contribution in [0.2, 0.25) is 0 Å². The summed E-state index contributed by atoms with van der Waals surface area (Å²) in [7, 11) is -0.935. The van der Waals surface area contributed by atoms with Crippen molar-refractivity contribution in [1.82, 2.24) is 19.9 Å². The average Bonchev–Trinajstić information content (AvgIpc) is 2.60. The van der Waals surface area contributed by atoms with Gasteiger partial charge in [0.15, 0.2) is 0 Å². The van der Waals surface area contributed by atoms with Crippen molar-refractivity contribution in [2.75, 3.05) is 62.0 Å². The molecule has 1 aliphatic heterocycles. The van der Waals surface area contributed by atoms with Crippen LogP contribution in [0.4, 0.5) is 11.8 Å². The number of fused-ring (bicyclic) bond motifs is 1. The van der Waals surface area contributed by atoms with Gasteiger partial charge in [-0.3, -0.25) is 4.98 Å². The molecule has 0 bridgehead atoms. The summed E-state index contributed by atoms with van der Waals surface area (Å²) in [4.78, 5) is 18.4. The summed E-state index contributed by atoms with van der Waals surface area (Å²) < 4.78 is 23.0. The van der Waals surface area contributed by atoms with Crippen LogP contribution >= 0.6 is 0 Å². The lowest BCUT2D eigenvalue weighted by Crippen LogP contribution is -2.45. The Morgan fingerprint density at radius 3 is 2.52 bits per heavy atom. The zero-order chi connectivity index (χ0) is 19.6. The van der Waals surface area contributed by atoms with Gasteiger partial charge >= 0.3 is 0 Å². The van der Waals surface area contributed by atoms with Gasteiger partial charge in [-0.25, -0.2) is 13.4 Å². The molecule has 0 saturated carbocycles. The van der Waals surface area contributed by atoms with Crippen molar-refractivity contribution < 1.29 is 8.42 Å². The first-order valence-corrected chi connectivity index (χ1v) is 11.3. The predicted molar refractivity (Wildman–Crippen MR) is 109 cm³/mol. The molecule has 1 fully saturated rings. The Kier molecular flexibility index (Phi) is 5.81. The molecule has 3 rings (SSSR count). The maximum atomic E-state index is 11.5. The van der Waals surface area contributed by atoms with Gasteiger partial charge in [0.25, 0.3) is 0 Å². The third-order valence-corrected chi connectivity index (χ3v) is 5.68. The van der Waals surface area contributed by atoms with Crippen LogP contribution < -0.4 is 10.2 Å². The minimum Gasteiger partial charge on any atom is -0.368 e. The molecule has 0 aromatic carbocycles. The fourth-order valence-corrected chi connectivity index (χ4v) is 3.46. The standard InChI is InChI=1S/C18H28N6O2S/c1-13(2)15-11-14-16(12-20-15)21-18(24-8-6-23(3)7-9-24)22-17(14)19-5-10-27(4,25)26/h11-13H,5-10H2,1-4H3,(H,19,21,22). The van der Waals surface area contributed by atoms with Crippen LogP contribution in [0, 0.1) is 0 Å². The lowest BCUT2D eigenvalue weighted by Gasteiger charge is -2.32.